The van der Waals surface area contributed by atoms with Crippen LogP contribution in [0.3, 0.4) is 0 Å². The minimum absolute atomic E-state index is 0.227. The summed E-state index contributed by atoms with van der Waals surface area (Å²) in [5.74, 6) is -6.05. The highest BCUT2D eigenvalue weighted by Crippen LogP contribution is 2.35. The van der Waals surface area contributed by atoms with Gasteiger partial charge in [-0.2, -0.15) is 26.7 Å². The van der Waals surface area contributed by atoms with Crippen LogP contribution in [0.2, 0.25) is 0 Å². The molecule has 2 heterocycles. The molecule has 2 rings (SSSR count). The Balaban J connectivity index is 2.32. The lowest BCUT2D eigenvalue weighted by Crippen LogP contribution is -2.41. The highest BCUT2D eigenvalue weighted by molar-refractivity contribution is 7.91. The molecule has 148 valence electrons. The zero-order valence-electron chi connectivity index (χ0n) is 13.6. The molecule has 0 aliphatic carbocycles. The first-order valence-electron chi connectivity index (χ1n) is 7.24. The molecule has 0 aliphatic rings. The second kappa shape index (κ2) is 7.21. The predicted octanol–water partition coefficient (Wildman–Crippen LogP) is 2.15. The van der Waals surface area contributed by atoms with Crippen molar-refractivity contribution in [2.75, 3.05) is 12.4 Å². The molecule has 0 aliphatic heterocycles. The van der Waals surface area contributed by atoms with Gasteiger partial charge >= 0.3 is 12.1 Å². The van der Waals surface area contributed by atoms with Crippen molar-refractivity contribution in [2.45, 2.75) is 23.9 Å². The normalized spacial score (nSPS) is 12.8. The molecule has 0 saturated carbocycles. The Morgan fingerprint density at radius 2 is 1.85 bits per heavy atom. The maximum atomic E-state index is 12.8. The number of pyridine rings is 1. The molecular weight excluding hydrogens is 401 g/mol. The van der Waals surface area contributed by atoms with E-state index in [9.17, 15) is 35.6 Å². The number of alkyl halides is 5. The molecule has 0 bridgehead atoms. The quantitative estimate of drug-likeness (QED) is 0.409. The Morgan fingerprint density at radius 1 is 1.19 bits per heavy atom. The van der Waals surface area contributed by atoms with Gasteiger partial charge in [0.2, 0.25) is 5.88 Å². The van der Waals surface area contributed by atoms with Crippen LogP contribution in [0.15, 0.2) is 35.6 Å². The molecule has 0 spiro atoms. The minimum Gasteiger partial charge on any atom is -0.618 e. The van der Waals surface area contributed by atoms with Crippen LogP contribution in [0.25, 0.3) is 11.4 Å². The topological polar surface area (TPSA) is 96.1 Å². The number of halogens is 5. The smallest absolute Gasteiger partial charge is 0.456 e. The van der Waals surface area contributed by atoms with Crippen LogP contribution in [0, 0.1) is 5.21 Å². The number of rotatable bonds is 6. The summed E-state index contributed by atoms with van der Waals surface area (Å²) >= 11 is 0. The van der Waals surface area contributed by atoms with E-state index in [2.05, 4.69) is 14.7 Å². The maximum absolute atomic E-state index is 12.8. The second-order valence-electron chi connectivity index (χ2n) is 5.18. The number of aromatic nitrogens is 3. The summed E-state index contributed by atoms with van der Waals surface area (Å²) in [5.41, 5.74) is -0.591. The van der Waals surface area contributed by atoms with Gasteiger partial charge in [0.1, 0.15) is 4.90 Å². The Kier molecular flexibility index (Phi) is 5.54. The molecule has 0 amide bonds. The number of nitrogens with zero attached hydrogens (tertiary/aromatic N) is 3. The lowest BCUT2D eigenvalue weighted by Gasteiger charge is -2.19. The van der Waals surface area contributed by atoms with E-state index in [4.69, 9.17) is 0 Å². The molecule has 0 atom stereocenters. The van der Waals surface area contributed by atoms with Gasteiger partial charge in [-0.1, -0.05) is 6.92 Å². The Bertz CT molecular complexity index is 917. The van der Waals surface area contributed by atoms with Crippen molar-refractivity contribution in [3.63, 3.8) is 0 Å². The lowest BCUT2D eigenvalue weighted by molar-refractivity contribution is -0.595. The van der Waals surface area contributed by atoms with E-state index >= 15 is 0 Å². The number of hydrogen-bond donors (Lipinski definition) is 0. The van der Waals surface area contributed by atoms with E-state index in [1.807, 2.05) is 0 Å². The molecule has 2 aromatic heterocycles. The van der Waals surface area contributed by atoms with Crippen molar-refractivity contribution in [2.24, 2.45) is 0 Å². The highest BCUT2D eigenvalue weighted by atomic mass is 32.2. The summed E-state index contributed by atoms with van der Waals surface area (Å²) in [6.07, 6.45) is -3.24. The highest BCUT2D eigenvalue weighted by Gasteiger charge is 2.58. The van der Waals surface area contributed by atoms with Crippen molar-refractivity contribution in [3.8, 4) is 17.3 Å². The summed E-state index contributed by atoms with van der Waals surface area (Å²) in [6, 6.07) is 2.39. The largest absolute Gasteiger partial charge is 0.618 e. The van der Waals surface area contributed by atoms with Crippen molar-refractivity contribution in [1.29, 1.82) is 0 Å². The third kappa shape index (κ3) is 4.40. The number of sulfone groups is 1. The molecule has 0 radical (unpaired) electrons. The van der Waals surface area contributed by atoms with E-state index in [1.54, 1.807) is 0 Å². The fourth-order valence-corrected chi connectivity index (χ4v) is 2.96. The van der Waals surface area contributed by atoms with Gasteiger partial charge in [0.25, 0.3) is 5.69 Å². The van der Waals surface area contributed by atoms with Crippen LogP contribution in [-0.2, 0) is 9.84 Å². The average Bonchev–Trinajstić information content (AvgIpc) is 2.59. The van der Waals surface area contributed by atoms with Crippen LogP contribution < -0.4 is 9.47 Å². The van der Waals surface area contributed by atoms with Gasteiger partial charge in [0.15, 0.2) is 28.3 Å². The van der Waals surface area contributed by atoms with Gasteiger partial charge in [-0.25, -0.2) is 18.4 Å². The van der Waals surface area contributed by atoms with Crippen molar-refractivity contribution >= 4 is 9.84 Å². The molecule has 27 heavy (non-hydrogen) atoms. The molecule has 2 aromatic rings. The monoisotopic (exact) mass is 413 g/mol. The van der Waals surface area contributed by atoms with E-state index < -0.39 is 34.4 Å². The van der Waals surface area contributed by atoms with Crippen LogP contribution in [0.5, 0.6) is 5.88 Å². The average molecular weight is 413 g/mol. The van der Waals surface area contributed by atoms with Gasteiger partial charge in [-0.3, -0.25) is 0 Å². The van der Waals surface area contributed by atoms with E-state index in [-0.39, 0.29) is 26.8 Å². The van der Waals surface area contributed by atoms with Crippen LogP contribution in [0.1, 0.15) is 6.92 Å². The number of hydrogen-bond acceptors (Lipinski definition) is 6. The molecule has 0 N–H and O–H groups in total. The van der Waals surface area contributed by atoms with Gasteiger partial charge in [0.05, 0.1) is 18.1 Å². The maximum Gasteiger partial charge on any atom is 0.456 e. The molecule has 7 nitrogen and oxygen atoms in total. The van der Waals surface area contributed by atoms with Crippen molar-refractivity contribution in [3.05, 3.63) is 35.9 Å². The first-order chi connectivity index (χ1) is 12.4. The molecule has 0 fully saturated rings. The van der Waals surface area contributed by atoms with E-state index in [0.29, 0.717) is 6.20 Å². The first kappa shape index (κ1) is 20.7. The van der Waals surface area contributed by atoms with E-state index in [1.165, 1.54) is 19.1 Å². The van der Waals surface area contributed by atoms with Crippen molar-refractivity contribution in [1.82, 2.24) is 9.97 Å². The fourth-order valence-electron chi connectivity index (χ4n) is 1.88. The zero-order valence-corrected chi connectivity index (χ0v) is 14.4. The van der Waals surface area contributed by atoms with Crippen LogP contribution >= 0.6 is 0 Å². The SMILES string of the molecule is CCS(=O)(=O)c1ccc[n+]([O-])c1-c1cnc(OCC(F)(F)C(F)(F)F)cn1. The molecule has 13 heteroatoms. The zero-order chi connectivity index (χ0) is 20.5. The van der Waals surface area contributed by atoms with Gasteiger partial charge in [0, 0.05) is 6.07 Å². The summed E-state index contributed by atoms with van der Waals surface area (Å²) in [7, 11) is -3.80. The fraction of sp³-hybridized carbons (Fsp3) is 0.357. The Morgan fingerprint density at radius 3 is 2.37 bits per heavy atom. The Labute approximate surface area is 149 Å². The lowest BCUT2D eigenvalue weighted by atomic mass is 10.3. The summed E-state index contributed by atoms with van der Waals surface area (Å²) < 4.78 is 90.7. The molecular formula is C14H12F5N3O4S. The second-order valence-corrected chi connectivity index (χ2v) is 7.43. The summed E-state index contributed by atoms with van der Waals surface area (Å²) in [5, 5.41) is 12.0. The van der Waals surface area contributed by atoms with Crippen LogP contribution in [0.4, 0.5) is 22.0 Å². The molecule has 0 saturated heterocycles. The third-order valence-electron chi connectivity index (χ3n) is 3.32. The molecule has 0 aromatic carbocycles. The van der Waals surface area contributed by atoms with E-state index in [0.717, 1.165) is 12.4 Å². The summed E-state index contributed by atoms with van der Waals surface area (Å²) in [4.78, 5) is 6.86. The standard InChI is InChI=1S/C14H12F5N3O4S/c1-2-27(24,25)10-4-3-5-22(23)12(10)9-6-21-11(7-20-9)26-8-13(15,16)14(17,18)19/h3-7H,2,8H2,1H3. The Hall–Kier alpha value is -2.57. The molecule has 0 unspecified atom stereocenters. The van der Waals surface area contributed by atoms with Gasteiger partial charge < -0.3 is 9.94 Å². The van der Waals surface area contributed by atoms with Gasteiger partial charge in [-0.15, -0.1) is 0 Å². The first-order valence-corrected chi connectivity index (χ1v) is 8.89. The van der Waals surface area contributed by atoms with Crippen LogP contribution in [-0.4, -0.2) is 42.8 Å². The number of ether oxygens (including phenoxy) is 1. The minimum atomic E-state index is -5.79. The van der Waals surface area contributed by atoms with Gasteiger partial charge in [-0.05, 0) is 6.07 Å². The third-order valence-corrected chi connectivity index (χ3v) is 5.08. The van der Waals surface area contributed by atoms with Crippen molar-refractivity contribution < 1.29 is 39.8 Å². The summed E-state index contributed by atoms with van der Waals surface area (Å²) in [6.45, 7) is -0.641. The predicted molar refractivity (Wildman–Crippen MR) is 80.7 cm³/mol.